The molecule has 0 aliphatic carbocycles. The number of hydrogen-bond acceptors (Lipinski definition) is 5. The van der Waals surface area contributed by atoms with Crippen LogP contribution in [0.2, 0.25) is 0 Å². The van der Waals surface area contributed by atoms with Gasteiger partial charge in [0.25, 0.3) is 11.8 Å². The molecule has 0 fully saturated rings. The Morgan fingerprint density at radius 1 is 0.973 bits per heavy atom. The van der Waals surface area contributed by atoms with Crippen LogP contribution in [-0.2, 0) is 19.5 Å². The number of nitrogens with zero attached hydrogens (tertiary/aromatic N) is 2. The van der Waals surface area contributed by atoms with E-state index in [1.54, 1.807) is 12.0 Å². The molecule has 190 valence electrons. The molecule has 0 aliphatic rings. The maximum Gasteiger partial charge on any atom is 0.273 e. The number of benzene rings is 3. The third kappa shape index (κ3) is 7.04. The zero-order valence-electron chi connectivity index (χ0n) is 20.7. The number of aromatic nitrogens is 1. The molecule has 1 heterocycles. The van der Waals surface area contributed by atoms with Crippen molar-refractivity contribution in [3.8, 4) is 5.75 Å². The lowest BCUT2D eigenvalue weighted by Crippen LogP contribution is -2.32. The summed E-state index contributed by atoms with van der Waals surface area (Å²) in [5.41, 5.74) is 3.62. The number of ether oxygens (including phenoxy) is 1. The molecule has 0 aliphatic heterocycles. The van der Waals surface area contributed by atoms with Gasteiger partial charge in [-0.15, -0.1) is 0 Å². The van der Waals surface area contributed by atoms with Crippen LogP contribution in [0.25, 0.3) is 0 Å². The highest BCUT2D eigenvalue weighted by molar-refractivity contribution is 5.94. The number of methoxy groups -OCH3 is 1. The van der Waals surface area contributed by atoms with Crippen molar-refractivity contribution in [2.75, 3.05) is 13.7 Å². The van der Waals surface area contributed by atoms with E-state index >= 15 is 0 Å². The van der Waals surface area contributed by atoms with Crippen LogP contribution >= 0.6 is 0 Å². The zero-order valence-corrected chi connectivity index (χ0v) is 20.7. The van der Waals surface area contributed by atoms with E-state index in [1.165, 1.54) is 30.3 Å². The van der Waals surface area contributed by atoms with Gasteiger partial charge in [-0.25, -0.2) is 4.39 Å². The summed E-state index contributed by atoms with van der Waals surface area (Å²) in [6.45, 7) is 2.83. The van der Waals surface area contributed by atoms with Crippen LogP contribution in [0.15, 0.2) is 83.4 Å². The van der Waals surface area contributed by atoms with Gasteiger partial charge in [-0.1, -0.05) is 47.1 Å². The molecule has 3 aromatic carbocycles. The molecule has 0 saturated heterocycles. The third-order valence-electron chi connectivity index (χ3n) is 5.92. The molecule has 37 heavy (non-hydrogen) atoms. The van der Waals surface area contributed by atoms with Crippen molar-refractivity contribution >= 4 is 11.8 Å². The van der Waals surface area contributed by atoms with Crippen LogP contribution in [0.5, 0.6) is 5.75 Å². The quantitative estimate of drug-likeness (QED) is 0.333. The van der Waals surface area contributed by atoms with Gasteiger partial charge >= 0.3 is 0 Å². The second-order valence-electron chi connectivity index (χ2n) is 8.68. The highest BCUT2D eigenvalue weighted by Gasteiger charge is 2.20. The van der Waals surface area contributed by atoms with Crippen molar-refractivity contribution in [3.63, 3.8) is 0 Å². The standard InChI is InChI=1S/C29H28FN3O4/c1-20-3-5-22(6-4-20)18-31-28(34)27-17-26(37-32-27)19-33(29(35)23-9-11-24(30)12-10-23)16-15-21-7-13-25(36-2)14-8-21/h3-14,17H,15-16,18-19H2,1-2H3,(H,31,34). The predicted octanol–water partition coefficient (Wildman–Crippen LogP) is 4.95. The molecule has 0 spiro atoms. The number of rotatable bonds is 10. The minimum absolute atomic E-state index is 0.102. The van der Waals surface area contributed by atoms with Gasteiger partial charge in [0.2, 0.25) is 0 Å². The van der Waals surface area contributed by atoms with E-state index < -0.39 is 5.82 Å². The Labute approximate surface area is 214 Å². The number of carbonyl (C=O) groups excluding carboxylic acids is 2. The highest BCUT2D eigenvalue weighted by Crippen LogP contribution is 2.16. The topological polar surface area (TPSA) is 84.7 Å². The first-order valence-electron chi connectivity index (χ1n) is 11.9. The summed E-state index contributed by atoms with van der Waals surface area (Å²) in [6, 6.07) is 22.4. The van der Waals surface area contributed by atoms with Crippen molar-refractivity contribution < 1.29 is 23.2 Å². The number of carbonyl (C=O) groups is 2. The van der Waals surface area contributed by atoms with Gasteiger partial charge in [-0.3, -0.25) is 9.59 Å². The maximum absolute atomic E-state index is 13.4. The molecule has 1 aromatic heterocycles. The molecule has 0 saturated carbocycles. The van der Waals surface area contributed by atoms with Crippen molar-refractivity contribution in [3.05, 3.63) is 118 Å². The van der Waals surface area contributed by atoms with Gasteiger partial charge in [0.15, 0.2) is 11.5 Å². The van der Waals surface area contributed by atoms with Gasteiger partial charge < -0.3 is 19.5 Å². The van der Waals surface area contributed by atoms with E-state index in [1.807, 2.05) is 55.5 Å². The number of amides is 2. The minimum Gasteiger partial charge on any atom is -0.497 e. The van der Waals surface area contributed by atoms with Crippen LogP contribution in [0.3, 0.4) is 0 Å². The molecular formula is C29H28FN3O4. The number of hydrogen-bond donors (Lipinski definition) is 1. The summed E-state index contributed by atoms with van der Waals surface area (Å²) in [6.07, 6.45) is 0.578. The molecule has 7 nitrogen and oxygen atoms in total. The zero-order chi connectivity index (χ0) is 26.2. The molecule has 0 unspecified atom stereocenters. The molecule has 0 atom stereocenters. The molecule has 2 amide bonds. The molecule has 1 N–H and O–H groups in total. The van der Waals surface area contributed by atoms with Crippen molar-refractivity contribution in [1.82, 2.24) is 15.4 Å². The molecule has 0 bridgehead atoms. The number of halogens is 1. The summed E-state index contributed by atoms with van der Waals surface area (Å²) >= 11 is 0. The molecule has 4 rings (SSSR count). The summed E-state index contributed by atoms with van der Waals surface area (Å²) in [4.78, 5) is 27.4. The van der Waals surface area contributed by atoms with Crippen LogP contribution in [0.1, 0.15) is 43.3 Å². The van der Waals surface area contributed by atoms with E-state index in [4.69, 9.17) is 9.26 Å². The number of aryl methyl sites for hydroxylation is 1. The SMILES string of the molecule is COc1ccc(CCN(Cc2cc(C(=O)NCc3ccc(C)cc3)no2)C(=O)c2ccc(F)cc2)cc1. The summed E-state index contributed by atoms with van der Waals surface area (Å²) in [5, 5.41) is 6.71. The second kappa shape index (κ2) is 12.0. The summed E-state index contributed by atoms with van der Waals surface area (Å²) < 4.78 is 24.0. The first-order valence-corrected chi connectivity index (χ1v) is 11.9. The van der Waals surface area contributed by atoms with E-state index in [-0.39, 0.29) is 24.1 Å². The van der Waals surface area contributed by atoms with Gasteiger partial charge in [0.1, 0.15) is 11.6 Å². The van der Waals surface area contributed by atoms with Crippen LogP contribution < -0.4 is 10.1 Å². The summed E-state index contributed by atoms with van der Waals surface area (Å²) in [5.74, 6) is 0.0434. The second-order valence-corrected chi connectivity index (χ2v) is 8.68. The fourth-order valence-corrected chi connectivity index (χ4v) is 3.75. The molecule has 4 aromatic rings. The average molecular weight is 502 g/mol. The first kappa shape index (κ1) is 25.6. The van der Waals surface area contributed by atoms with Crippen molar-refractivity contribution in [2.24, 2.45) is 0 Å². The van der Waals surface area contributed by atoms with Crippen molar-refractivity contribution in [2.45, 2.75) is 26.4 Å². The van der Waals surface area contributed by atoms with Crippen molar-refractivity contribution in [1.29, 1.82) is 0 Å². The van der Waals surface area contributed by atoms with Crippen LogP contribution in [0.4, 0.5) is 4.39 Å². The van der Waals surface area contributed by atoms with Gasteiger partial charge in [-0.05, 0) is 60.9 Å². The summed E-state index contributed by atoms with van der Waals surface area (Å²) in [7, 11) is 1.60. The molecule has 0 radical (unpaired) electrons. The molecule has 8 heteroatoms. The Kier molecular flexibility index (Phi) is 8.30. The highest BCUT2D eigenvalue weighted by atomic mass is 19.1. The Bertz CT molecular complexity index is 1330. The van der Waals surface area contributed by atoms with Gasteiger partial charge in [0.05, 0.1) is 13.7 Å². The maximum atomic E-state index is 13.4. The van der Waals surface area contributed by atoms with Gasteiger partial charge in [-0.2, -0.15) is 0 Å². The molecular weight excluding hydrogens is 473 g/mol. The monoisotopic (exact) mass is 501 g/mol. The van der Waals surface area contributed by atoms with E-state index in [0.717, 1.165) is 22.4 Å². The first-order chi connectivity index (χ1) is 17.9. The largest absolute Gasteiger partial charge is 0.497 e. The fourth-order valence-electron chi connectivity index (χ4n) is 3.75. The van der Waals surface area contributed by atoms with E-state index in [9.17, 15) is 14.0 Å². The lowest BCUT2D eigenvalue weighted by atomic mass is 10.1. The predicted molar refractivity (Wildman–Crippen MR) is 137 cm³/mol. The van der Waals surface area contributed by atoms with Crippen LogP contribution in [-0.4, -0.2) is 35.5 Å². The Balaban J connectivity index is 1.44. The average Bonchev–Trinajstić information content (AvgIpc) is 3.39. The Hall–Kier alpha value is -4.46. The minimum atomic E-state index is -0.419. The number of nitrogens with one attached hydrogen (secondary N) is 1. The van der Waals surface area contributed by atoms with Crippen LogP contribution in [0, 0.1) is 12.7 Å². The lowest BCUT2D eigenvalue weighted by Gasteiger charge is -2.21. The normalized spacial score (nSPS) is 10.7. The Morgan fingerprint density at radius 3 is 2.32 bits per heavy atom. The van der Waals surface area contributed by atoms with E-state index in [0.29, 0.717) is 30.8 Å². The lowest BCUT2D eigenvalue weighted by molar-refractivity contribution is 0.0729. The van der Waals surface area contributed by atoms with Gasteiger partial charge in [0, 0.05) is 24.7 Å². The Morgan fingerprint density at radius 2 is 1.65 bits per heavy atom. The third-order valence-corrected chi connectivity index (χ3v) is 5.92. The fraction of sp³-hybridized carbons (Fsp3) is 0.207. The smallest absolute Gasteiger partial charge is 0.273 e. The van der Waals surface area contributed by atoms with E-state index in [2.05, 4.69) is 10.5 Å².